The Morgan fingerprint density at radius 1 is 1.08 bits per heavy atom. The van der Waals surface area contributed by atoms with E-state index in [0.717, 1.165) is 49.2 Å². The molecule has 0 unspecified atom stereocenters. The minimum atomic E-state index is 0.176. The number of hydrogen-bond acceptors (Lipinski definition) is 3. The molecule has 1 fully saturated rings. The molecular weight excluding hydrogens is 435 g/mol. The van der Waals surface area contributed by atoms with E-state index >= 15 is 0 Å². The minimum absolute atomic E-state index is 0.176. The first-order valence-electron chi connectivity index (χ1n) is 8.96. The largest absolute Gasteiger partial charge is 0.299 e. The van der Waals surface area contributed by atoms with E-state index < -0.39 is 0 Å². The number of benzene rings is 2. The standard InChI is InChI=1S/C21H21IN4/c22-21(9-12-23)10-13-25(14-11-21)15-17-5-7-18(8-6-17)26-16-24-19-3-1-2-4-20(19)26/h1-8,16H,9-11,13-15H2. The third kappa shape index (κ3) is 3.62. The number of para-hydroxylation sites is 2. The van der Waals surface area contributed by atoms with Crippen molar-refractivity contribution < 1.29 is 0 Å². The molecule has 3 aromatic rings. The van der Waals surface area contributed by atoms with Gasteiger partial charge in [-0.05, 0) is 55.8 Å². The van der Waals surface area contributed by atoms with E-state index in [4.69, 9.17) is 5.26 Å². The Morgan fingerprint density at radius 3 is 2.54 bits per heavy atom. The van der Waals surface area contributed by atoms with Gasteiger partial charge >= 0.3 is 0 Å². The lowest BCUT2D eigenvalue weighted by molar-refractivity contribution is 0.199. The van der Waals surface area contributed by atoms with Crippen molar-refractivity contribution in [2.45, 2.75) is 29.2 Å². The summed E-state index contributed by atoms with van der Waals surface area (Å²) in [6, 6.07) is 19.3. The van der Waals surface area contributed by atoms with Crippen LogP contribution in [-0.2, 0) is 6.54 Å². The predicted molar refractivity (Wildman–Crippen MR) is 113 cm³/mol. The van der Waals surface area contributed by atoms with E-state index in [0.29, 0.717) is 6.42 Å². The van der Waals surface area contributed by atoms with Crippen molar-refractivity contribution in [1.29, 1.82) is 5.26 Å². The van der Waals surface area contributed by atoms with Gasteiger partial charge in [-0.1, -0.05) is 46.9 Å². The van der Waals surface area contributed by atoms with E-state index in [-0.39, 0.29) is 3.42 Å². The minimum Gasteiger partial charge on any atom is -0.299 e. The highest BCUT2D eigenvalue weighted by atomic mass is 127. The molecule has 0 N–H and O–H groups in total. The van der Waals surface area contributed by atoms with Gasteiger partial charge in [-0.25, -0.2) is 4.98 Å². The van der Waals surface area contributed by atoms with Crippen molar-refractivity contribution >= 4 is 33.6 Å². The summed E-state index contributed by atoms with van der Waals surface area (Å²) in [5.74, 6) is 0. The predicted octanol–water partition coefficient (Wildman–Crippen LogP) is 4.71. The van der Waals surface area contributed by atoms with Gasteiger partial charge in [0.15, 0.2) is 0 Å². The number of nitrogens with zero attached hydrogens (tertiary/aromatic N) is 4. The fourth-order valence-electron chi connectivity index (χ4n) is 3.62. The van der Waals surface area contributed by atoms with E-state index in [9.17, 15) is 0 Å². The monoisotopic (exact) mass is 456 g/mol. The molecular formula is C21H21IN4. The fourth-order valence-corrected chi connectivity index (χ4v) is 4.27. The Hall–Kier alpha value is -1.91. The van der Waals surface area contributed by atoms with Crippen LogP contribution in [0.5, 0.6) is 0 Å². The Balaban J connectivity index is 1.43. The maximum absolute atomic E-state index is 8.98. The molecule has 0 bridgehead atoms. The Bertz CT molecular complexity index is 931. The first-order chi connectivity index (χ1) is 12.7. The molecule has 0 spiro atoms. The second-order valence-corrected chi connectivity index (χ2v) is 9.32. The van der Waals surface area contributed by atoms with Gasteiger partial charge in [-0.15, -0.1) is 0 Å². The molecule has 0 radical (unpaired) electrons. The second-order valence-electron chi connectivity index (χ2n) is 7.03. The summed E-state index contributed by atoms with van der Waals surface area (Å²) >= 11 is 2.49. The number of fused-ring (bicyclic) bond motifs is 1. The van der Waals surface area contributed by atoms with Crippen molar-refractivity contribution in [3.05, 3.63) is 60.4 Å². The highest BCUT2D eigenvalue weighted by Gasteiger charge is 2.31. The lowest BCUT2D eigenvalue weighted by Crippen LogP contribution is -2.40. The summed E-state index contributed by atoms with van der Waals surface area (Å²) in [5, 5.41) is 8.98. The molecule has 0 saturated carbocycles. The first-order valence-corrected chi connectivity index (χ1v) is 10.0. The number of nitriles is 1. The van der Waals surface area contributed by atoms with Gasteiger partial charge in [-0.3, -0.25) is 9.47 Å². The molecule has 5 heteroatoms. The Labute approximate surface area is 167 Å². The fraction of sp³-hybridized carbons (Fsp3) is 0.333. The van der Waals surface area contributed by atoms with Crippen molar-refractivity contribution in [3.8, 4) is 11.8 Å². The molecule has 26 heavy (non-hydrogen) atoms. The summed E-state index contributed by atoms with van der Waals surface area (Å²) in [4.78, 5) is 6.97. The number of imidazole rings is 1. The lowest BCUT2D eigenvalue weighted by Gasteiger charge is -2.36. The van der Waals surface area contributed by atoms with Crippen LogP contribution in [0, 0.1) is 11.3 Å². The number of hydrogen-bond donors (Lipinski definition) is 0. The first kappa shape index (κ1) is 17.5. The van der Waals surface area contributed by atoms with Crippen molar-refractivity contribution in [3.63, 3.8) is 0 Å². The number of rotatable bonds is 4. The van der Waals surface area contributed by atoms with Crippen LogP contribution in [0.2, 0.25) is 0 Å². The molecule has 2 heterocycles. The molecule has 0 aliphatic carbocycles. The van der Waals surface area contributed by atoms with E-state index in [1.54, 1.807) is 0 Å². The second kappa shape index (κ2) is 7.37. The van der Waals surface area contributed by atoms with Crippen LogP contribution in [-0.4, -0.2) is 31.0 Å². The summed E-state index contributed by atoms with van der Waals surface area (Å²) < 4.78 is 2.31. The van der Waals surface area contributed by atoms with Gasteiger partial charge in [0.25, 0.3) is 0 Å². The highest BCUT2D eigenvalue weighted by Crippen LogP contribution is 2.35. The van der Waals surface area contributed by atoms with Crippen LogP contribution >= 0.6 is 22.6 Å². The number of aromatic nitrogens is 2. The highest BCUT2D eigenvalue weighted by molar-refractivity contribution is 14.1. The molecule has 4 rings (SSSR count). The van der Waals surface area contributed by atoms with Crippen molar-refractivity contribution in [2.24, 2.45) is 0 Å². The van der Waals surface area contributed by atoms with Gasteiger partial charge in [0.1, 0.15) is 6.33 Å². The van der Waals surface area contributed by atoms with Gasteiger partial charge in [0.05, 0.1) is 17.1 Å². The zero-order valence-corrected chi connectivity index (χ0v) is 16.8. The van der Waals surface area contributed by atoms with Crippen LogP contribution in [0.1, 0.15) is 24.8 Å². The van der Waals surface area contributed by atoms with Crippen LogP contribution < -0.4 is 0 Å². The summed E-state index contributed by atoms with van der Waals surface area (Å²) in [7, 11) is 0. The summed E-state index contributed by atoms with van der Waals surface area (Å²) in [6.45, 7) is 3.11. The molecule has 1 aliphatic rings. The number of alkyl halides is 1. The number of likely N-dealkylation sites (tertiary alicyclic amines) is 1. The molecule has 0 amide bonds. The number of halogens is 1. The maximum atomic E-state index is 8.98. The van der Waals surface area contributed by atoms with Crippen LogP contribution in [0.25, 0.3) is 16.7 Å². The van der Waals surface area contributed by atoms with Crippen molar-refractivity contribution in [2.75, 3.05) is 13.1 Å². The molecule has 132 valence electrons. The van der Waals surface area contributed by atoms with Crippen LogP contribution in [0.4, 0.5) is 0 Å². The average molecular weight is 456 g/mol. The summed E-state index contributed by atoms with van der Waals surface area (Å²) in [5.41, 5.74) is 4.62. The lowest BCUT2D eigenvalue weighted by atomic mass is 9.94. The molecule has 1 saturated heterocycles. The van der Waals surface area contributed by atoms with Gasteiger partial charge < -0.3 is 0 Å². The van der Waals surface area contributed by atoms with Gasteiger partial charge in [0.2, 0.25) is 0 Å². The van der Waals surface area contributed by atoms with Crippen LogP contribution in [0.3, 0.4) is 0 Å². The third-order valence-corrected chi connectivity index (χ3v) is 6.68. The Kier molecular flexibility index (Phi) is 4.96. The van der Waals surface area contributed by atoms with E-state index in [2.05, 4.69) is 73.4 Å². The summed E-state index contributed by atoms with van der Waals surface area (Å²) in [6.07, 6.45) is 4.74. The number of piperidine rings is 1. The zero-order chi connectivity index (χ0) is 18.0. The SMILES string of the molecule is N#CCC1(I)CCN(Cc2ccc(-n3cnc4ccccc43)cc2)CC1. The molecule has 0 atom stereocenters. The Morgan fingerprint density at radius 2 is 1.81 bits per heavy atom. The van der Waals surface area contributed by atoms with Crippen molar-refractivity contribution in [1.82, 2.24) is 14.5 Å². The quantitative estimate of drug-likeness (QED) is 0.422. The van der Waals surface area contributed by atoms with E-state index in [1.165, 1.54) is 5.56 Å². The maximum Gasteiger partial charge on any atom is 0.100 e. The molecule has 1 aliphatic heterocycles. The van der Waals surface area contributed by atoms with Crippen LogP contribution in [0.15, 0.2) is 54.9 Å². The third-order valence-electron chi connectivity index (χ3n) is 5.22. The molecule has 1 aromatic heterocycles. The van der Waals surface area contributed by atoms with E-state index in [1.807, 2.05) is 24.5 Å². The zero-order valence-electron chi connectivity index (χ0n) is 14.6. The molecule has 4 nitrogen and oxygen atoms in total. The molecule has 2 aromatic carbocycles. The topological polar surface area (TPSA) is 44.9 Å². The average Bonchev–Trinajstić information content (AvgIpc) is 3.09. The van der Waals surface area contributed by atoms with Gasteiger partial charge in [0, 0.05) is 22.1 Å². The normalized spacial score (nSPS) is 17.2. The van der Waals surface area contributed by atoms with Gasteiger partial charge in [-0.2, -0.15) is 5.26 Å². The smallest absolute Gasteiger partial charge is 0.100 e.